The van der Waals surface area contributed by atoms with Crippen LogP contribution >= 0.6 is 23.7 Å². The number of benzene rings is 1. The van der Waals surface area contributed by atoms with Gasteiger partial charge in [-0.3, -0.25) is 13.8 Å². The number of nitrogens with zero attached hydrogens (tertiary/aromatic N) is 2. The third-order valence-corrected chi connectivity index (χ3v) is 5.80. The number of hydrogen-bond acceptors (Lipinski definition) is 8. The molecule has 31 heavy (non-hydrogen) atoms. The molecule has 0 saturated heterocycles. The summed E-state index contributed by atoms with van der Waals surface area (Å²) in [4.78, 5) is 39.1. The highest BCUT2D eigenvalue weighted by atomic mass is 79.9. The van der Waals surface area contributed by atoms with Crippen molar-refractivity contribution in [3.63, 3.8) is 0 Å². The molecular formula is C19H28BrN2O8P. The lowest BCUT2D eigenvalue weighted by atomic mass is 10.2. The van der Waals surface area contributed by atoms with Gasteiger partial charge in [0.2, 0.25) is 0 Å². The molecule has 0 heterocycles. The lowest BCUT2D eigenvalue weighted by Gasteiger charge is -2.35. The van der Waals surface area contributed by atoms with Crippen LogP contribution in [0.4, 0.5) is 9.59 Å². The maximum absolute atomic E-state index is 13.5. The first-order chi connectivity index (χ1) is 14.5. The Morgan fingerprint density at radius 3 is 1.77 bits per heavy atom. The van der Waals surface area contributed by atoms with Crippen LogP contribution in [-0.2, 0) is 23.1 Å². The van der Waals surface area contributed by atoms with Crippen LogP contribution in [0, 0.1) is 0 Å². The number of amides is 3. The van der Waals surface area contributed by atoms with E-state index < -0.39 is 38.0 Å². The molecule has 0 bridgehead atoms. The number of rotatable bonds is 8. The van der Waals surface area contributed by atoms with Gasteiger partial charge in [0.05, 0.1) is 25.4 Å². The normalized spacial score (nSPS) is 11.4. The highest BCUT2D eigenvalue weighted by molar-refractivity contribution is 9.10. The number of carbonyl (C=O) groups is 3. The fourth-order valence-electron chi connectivity index (χ4n) is 2.23. The van der Waals surface area contributed by atoms with E-state index in [1.54, 1.807) is 39.8 Å². The van der Waals surface area contributed by atoms with Crippen LogP contribution < -0.4 is 0 Å². The largest absolute Gasteiger partial charge is 0.459 e. The lowest BCUT2D eigenvalue weighted by Crippen LogP contribution is -2.52. The predicted molar refractivity (Wildman–Crippen MR) is 116 cm³/mol. The Morgan fingerprint density at radius 2 is 1.35 bits per heavy atom. The van der Waals surface area contributed by atoms with Crippen molar-refractivity contribution in [3.05, 3.63) is 34.3 Å². The van der Waals surface area contributed by atoms with E-state index in [0.29, 0.717) is 9.48 Å². The molecule has 0 aliphatic rings. The SMILES string of the molecule is CCOP(=O)(OCC)N(C(=O)OC(C)C)N(C(=O)OC(C)C)C(=O)c1ccc(Br)cc1. The minimum atomic E-state index is -4.53. The number of hydrazine groups is 1. The minimum Gasteiger partial charge on any atom is -0.445 e. The van der Waals surface area contributed by atoms with Gasteiger partial charge in [-0.25, -0.2) is 14.2 Å². The lowest BCUT2D eigenvalue weighted by molar-refractivity contribution is -0.00782. The highest BCUT2D eigenvalue weighted by Crippen LogP contribution is 2.53. The van der Waals surface area contributed by atoms with Gasteiger partial charge in [0, 0.05) is 10.0 Å². The molecule has 1 rings (SSSR count). The molecular weight excluding hydrogens is 495 g/mol. The highest BCUT2D eigenvalue weighted by Gasteiger charge is 2.49. The van der Waals surface area contributed by atoms with Gasteiger partial charge in [0.25, 0.3) is 5.91 Å². The van der Waals surface area contributed by atoms with Crippen LogP contribution in [0.15, 0.2) is 28.7 Å². The molecule has 10 nitrogen and oxygen atoms in total. The van der Waals surface area contributed by atoms with E-state index >= 15 is 0 Å². The Balaban J connectivity index is 3.66. The Morgan fingerprint density at radius 1 is 0.903 bits per heavy atom. The summed E-state index contributed by atoms with van der Waals surface area (Å²) in [6.07, 6.45) is -3.82. The number of carbonyl (C=O) groups excluding carboxylic acids is 3. The van der Waals surface area contributed by atoms with Crippen LogP contribution in [0.1, 0.15) is 51.9 Å². The molecule has 1 aromatic carbocycles. The van der Waals surface area contributed by atoms with Crippen molar-refractivity contribution in [2.45, 2.75) is 53.8 Å². The van der Waals surface area contributed by atoms with Crippen molar-refractivity contribution >= 4 is 41.8 Å². The second-order valence-corrected chi connectivity index (χ2v) is 9.33. The van der Waals surface area contributed by atoms with Gasteiger partial charge in [0.1, 0.15) is 0 Å². The molecule has 0 aromatic heterocycles. The third-order valence-electron chi connectivity index (χ3n) is 3.30. The molecule has 0 N–H and O–H groups in total. The number of hydrogen-bond donors (Lipinski definition) is 0. The van der Waals surface area contributed by atoms with Crippen LogP contribution in [0.5, 0.6) is 0 Å². The van der Waals surface area contributed by atoms with Crippen molar-refractivity contribution in [1.29, 1.82) is 0 Å². The van der Waals surface area contributed by atoms with Crippen molar-refractivity contribution < 1.29 is 37.5 Å². The van der Waals surface area contributed by atoms with Crippen molar-refractivity contribution in [2.24, 2.45) is 0 Å². The summed E-state index contributed by atoms with van der Waals surface area (Å²) in [6, 6.07) is 5.97. The number of halogens is 1. The second-order valence-electron chi connectivity index (χ2n) is 6.58. The van der Waals surface area contributed by atoms with E-state index in [-0.39, 0.29) is 23.6 Å². The average molecular weight is 523 g/mol. The van der Waals surface area contributed by atoms with Crippen LogP contribution in [0.25, 0.3) is 0 Å². The molecule has 0 spiro atoms. The van der Waals surface area contributed by atoms with Crippen molar-refractivity contribution in [2.75, 3.05) is 13.2 Å². The fourth-order valence-corrected chi connectivity index (χ4v) is 4.06. The topological polar surface area (TPSA) is 112 Å². The van der Waals surface area contributed by atoms with E-state index in [0.717, 1.165) is 0 Å². The summed E-state index contributed by atoms with van der Waals surface area (Å²) < 4.78 is 35.2. The first kappa shape index (κ1) is 27.1. The quantitative estimate of drug-likeness (QED) is 0.330. The van der Waals surface area contributed by atoms with Crippen LogP contribution in [-0.4, -0.2) is 53.3 Å². The molecule has 0 radical (unpaired) electrons. The second kappa shape index (κ2) is 12.2. The smallest absolute Gasteiger partial charge is 0.445 e. The summed E-state index contributed by atoms with van der Waals surface area (Å²) >= 11 is 3.26. The first-order valence-corrected chi connectivity index (χ1v) is 12.0. The standard InChI is InChI=1S/C19H28BrN2O8P/c1-7-27-31(26,28-8-2)22(19(25)30-14(5)6)21(18(24)29-13(3)4)17(23)15-9-11-16(20)12-10-15/h9-14H,7-8H2,1-6H3. The van der Waals surface area contributed by atoms with E-state index in [4.69, 9.17) is 18.5 Å². The van der Waals surface area contributed by atoms with E-state index in [1.807, 2.05) is 0 Å². The summed E-state index contributed by atoms with van der Waals surface area (Å²) in [5, 5.41) is 0.292. The molecule has 3 amide bonds. The summed E-state index contributed by atoms with van der Waals surface area (Å²) in [5.41, 5.74) is 0.0193. The molecule has 0 unspecified atom stereocenters. The van der Waals surface area contributed by atoms with Crippen molar-refractivity contribution in [3.8, 4) is 0 Å². The Bertz CT molecular complexity index is 806. The zero-order valence-electron chi connectivity index (χ0n) is 18.4. The van der Waals surface area contributed by atoms with Gasteiger partial charge in [-0.1, -0.05) is 15.9 Å². The monoisotopic (exact) mass is 522 g/mol. The van der Waals surface area contributed by atoms with Gasteiger partial charge in [-0.15, -0.1) is 9.79 Å². The van der Waals surface area contributed by atoms with E-state index in [9.17, 15) is 18.9 Å². The first-order valence-electron chi connectivity index (χ1n) is 9.67. The molecule has 0 aliphatic carbocycles. The van der Waals surface area contributed by atoms with E-state index in [1.165, 1.54) is 26.0 Å². The number of imide groups is 1. The molecule has 0 fully saturated rings. The van der Waals surface area contributed by atoms with Gasteiger partial charge in [-0.05, 0) is 65.8 Å². The Hall–Kier alpha value is -1.94. The molecule has 174 valence electrons. The van der Waals surface area contributed by atoms with Crippen molar-refractivity contribution in [1.82, 2.24) is 9.79 Å². The zero-order chi connectivity index (χ0) is 23.8. The summed E-state index contributed by atoms with van der Waals surface area (Å²) in [7, 11) is -4.53. The molecule has 1 aromatic rings. The number of ether oxygens (including phenoxy) is 2. The third kappa shape index (κ3) is 7.60. The molecule has 0 atom stereocenters. The molecule has 0 aliphatic heterocycles. The van der Waals surface area contributed by atoms with Gasteiger partial charge < -0.3 is 9.47 Å². The Kier molecular flexibility index (Phi) is 10.7. The van der Waals surface area contributed by atoms with E-state index in [2.05, 4.69) is 15.9 Å². The van der Waals surface area contributed by atoms with Crippen LogP contribution in [0.2, 0.25) is 0 Å². The fraction of sp³-hybridized carbons (Fsp3) is 0.526. The predicted octanol–water partition coefficient (Wildman–Crippen LogP) is 5.38. The summed E-state index contributed by atoms with van der Waals surface area (Å²) in [5.74, 6) is -0.988. The Labute approximate surface area is 190 Å². The maximum Gasteiger partial charge on any atom is 0.459 e. The molecule has 12 heteroatoms. The van der Waals surface area contributed by atoms with Gasteiger partial charge in [0.15, 0.2) is 0 Å². The van der Waals surface area contributed by atoms with Gasteiger partial charge >= 0.3 is 19.9 Å². The minimum absolute atomic E-state index is 0.0193. The average Bonchev–Trinajstić information content (AvgIpc) is 2.65. The maximum atomic E-state index is 13.5. The van der Waals surface area contributed by atoms with Gasteiger partial charge in [-0.2, -0.15) is 0 Å². The molecule has 0 saturated carbocycles. The summed E-state index contributed by atoms with van der Waals surface area (Å²) in [6.45, 7) is 8.98. The zero-order valence-corrected chi connectivity index (χ0v) is 20.8. The van der Waals surface area contributed by atoms with Crippen LogP contribution in [0.3, 0.4) is 0 Å².